The highest BCUT2D eigenvalue weighted by molar-refractivity contribution is 5.48. The van der Waals surface area contributed by atoms with Gasteiger partial charge in [-0.05, 0) is 36.8 Å². The molecular weight excluding hydrogens is 200 g/mol. The first-order valence-corrected chi connectivity index (χ1v) is 6.05. The first-order valence-electron chi connectivity index (χ1n) is 6.05. The highest BCUT2D eigenvalue weighted by atomic mass is 16.5. The number of rotatable bonds is 1. The van der Waals surface area contributed by atoms with Crippen molar-refractivity contribution in [3.8, 4) is 5.75 Å². The fourth-order valence-corrected chi connectivity index (χ4v) is 2.36. The first kappa shape index (κ1) is 11.5. The molecule has 0 aromatic heterocycles. The van der Waals surface area contributed by atoms with Gasteiger partial charge in [-0.3, -0.25) is 0 Å². The molecule has 2 heteroatoms. The number of fused-ring (bicyclic) bond motifs is 1. The number of hydrogen-bond donors (Lipinski definition) is 1. The maximum absolute atomic E-state index is 10.2. The van der Waals surface area contributed by atoms with Gasteiger partial charge >= 0.3 is 0 Å². The third-order valence-electron chi connectivity index (χ3n) is 3.25. The lowest BCUT2D eigenvalue weighted by atomic mass is 9.90. The molecule has 16 heavy (non-hydrogen) atoms. The van der Waals surface area contributed by atoms with Crippen molar-refractivity contribution in [3.63, 3.8) is 0 Å². The molecule has 2 nitrogen and oxygen atoms in total. The lowest BCUT2D eigenvalue weighted by molar-refractivity contribution is 0.166. The van der Waals surface area contributed by atoms with Gasteiger partial charge in [-0.25, -0.2) is 0 Å². The molecule has 2 rings (SSSR count). The van der Waals surface area contributed by atoms with Gasteiger partial charge in [0.1, 0.15) is 5.75 Å². The summed E-state index contributed by atoms with van der Waals surface area (Å²) in [6.45, 7) is 7.07. The molecule has 1 N–H and O–H groups in total. The van der Waals surface area contributed by atoms with Crippen molar-refractivity contribution < 1.29 is 9.84 Å². The Labute approximate surface area is 97.3 Å². The molecule has 0 unspecified atom stereocenters. The Morgan fingerprint density at radius 2 is 2.12 bits per heavy atom. The maximum Gasteiger partial charge on any atom is 0.128 e. The van der Waals surface area contributed by atoms with Gasteiger partial charge in [0.25, 0.3) is 0 Å². The predicted octanol–water partition coefficient (Wildman–Crippen LogP) is 3.32. The minimum atomic E-state index is -0.366. The van der Waals surface area contributed by atoms with Crippen LogP contribution in [0.25, 0.3) is 0 Å². The Hall–Kier alpha value is -1.02. The van der Waals surface area contributed by atoms with E-state index in [-0.39, 0.29) is 6.10 Å². The summed E-state index contributed by atoms with van der Waals surface area (Å²) in [5.74, 6) is 1.34. The smallest absolute Gasteiger partial charge is 0.128 e. The molecule has 0 radical (unpaired) electrons. The second kappa shape index (κ2) is 4.46. The highest BCUT2D eigenvalue weighted by Crippen LogP contribution is 2.39. The normalized spacial score (nSPS) is 20.2. The van der Waals surface area contributed by atoms with Crippen LogP contribution in [0.1, 0.15) is 55.4 Å². The maximum atomic E-state index is 10.2. The Morgan fingerprint density at radius 3 is 2.81 bits per heavy atom. The van der Waals surface area contributed by atoms with E-state index in [1.165, 1.54) is 5.56 Å². The lowest BCUT2D eigenvalue weighted by Gasteiger charge is -2.20. The molecule has 1 atom stereocenters. The Kier molecular flexibility index (Phi) is 3.20. The SMILES string of the molecule is Cc1ccc(C(C)C)c2c1OCCC[C@H]2O. The van der Waals surface area contributed by atoms with Crippen molar-refractivity contribution in [2.24, 2.45) is 0 Å². The zero-order valence-electron chi connectivity index (χ0n) is 10.3. The third kappa shape index (κ3) is 1.94. The van der Waals surface area contributed by atoms with Crippen LogP contribution in [0.5, 0.6) is 5.75 Å². The van der Waals surface area contributed by atoms with Crippen LogP contribution in [0, 0.1) is 6.92 Å². The molecule has 1 aromatic rings. The van der Waals surface area contributed by atoms with Crippen LogP contribution in [0.4, 0.5) is 0 Å². The van der Waals surface area contributed by atoms with Gasteiger partial charge < -0.3 is 9.84 Å². The van der Waals surface area contributed by atoms with Crippen molar-refractivity contribution in [2.75, 3.05) is 6.61 Å². The van der Waals surface area contributed by atoms with Crippen molar-refractivity contribution in [1.29, 1.82) is 0 Å². The van der Waals surface area contributed by atoms with E-state index in [0.29, 0.717) is 12.5 Å². The Balaban J connectivity index is 2.59. The van der Waals surface area contributed by atoms with Crippen molar-refractivity contribution in [2.45, 2.75) is 45.6 Å². The number of benzene rings is 1. The van der Waals surface area contributed by atoms with E-state index in [4.69, 9.17) is 4.74 Å². The third-order valence-corrected chi connectivity index (χ3v) is 3.25. The molecule has 1 aromatic carbocycles. The van der Waals surface area contributed by atoms with Crippen LogP contribution < -0.4 is 4.74 Å². The van der Waals surface area contributed by atoms with Gasteiger partial charge in [-0.2, -0.15) is 0 Å². The summed E-state index contributed by atoms with van der Waals surface area (Å²) in [4.78, 5) is 0. The van der Waals surface area contributed by atoms with Gasteiger partial charge in [-0.15, -0.1) is 0 Å². The van der Waals surface area contributed by atoms with Crippen LogP contribution in [-0.4, -0.2) is 11.7 Å². The van der Waals surface area contributed by atoms with E-state index in [2.05, 4.69) is 26.0 Å². The van der Waals surface area contributed by atoms with Crippen molar-refractivity contribution in [1.82, 2.24) is 0 Å². The van der Waals surface area contributed by atoms with E-state index in [9.17, 15) is 5.11 Å². The molecule has 1 aliphatic rings. The molecule has 1 aliphatic heterocycles. The number of aliphatic hydroxyl groups excluding tert-OH is 1. The second-order valence-electron chi connectivity index (χ2n) is 4.88. The number of aliphatic hydroxyl groups is 1. The summed E-state index contributed by atoms with van der Waals surface area (Å²) in [6, 6.07) is 4.21. The molecule has 0 aliphatic carbocycles. The van der Waals surface area contributed by atoms with E-state index in [1.807, 2.05) is 6.92 Å². The molecule has 0 fully saturated rings. The molecule has 0 saturated heterocycles. The molecule has 0 spiro atoms. The number of ether oxygens (including phenoxy) is 1. The summed E-state index contributed by atoms with van der Waals surface area (Å²) in [7, 11) is 0. The molecule has 0 saturated carbocycles. The van der Waals surface area contributed by atoms with Gasteiger partial charge in [0.05, 0.1) is 12.7 Å². The Morgan fingerprint density at radius 1 is 1.38 bits per heavy atom. The van der Waals surface area contributed by atoms with Crippen LogP contribution in [0.15, 0.2) is 12.1 Å². The van der Waals surface area contributed by atoms with E-state index in [1.54, 1.807) is 0 Å². The zero-order chi connectivity index (χ0) is 11.7. The Bertz CT molecular complexity index is 383. The minimum Gasteiger partial charge on any atom is -0.493 e. The minimum absolute atomic E-state index is 0.366. The average molecular weight is 220 g/mol. The highest BCUT2D eigenvalue weighted by Gasteiger charge is 2.23. The number of aryl methyl sites for hydroxylation is 1. The van der Waals surface area contributed by atoms with Crippen molar-refractivity contribution >= 4 is 0 Å². The monoisotopic (exact) mass is 220 g/mol. The predicted molar refractivity (Wildman–Crippen MR) is 65.0 cm³/mol. The first-order chi connectivity index (χ1) is 7.61. The van der Waals surface area contributed by atoms with Gasteiger partial charge in [0.2, 0.25) is 0 Å². The van der Waals surface area contributed by atoms with Gasteiger partial charge in [-0.1, -0.05) is 26.0 Å². The fraction of sp³-hybridized carbons (Fsp3) is 0.571. The molecule has 88 valence electrons. The van der Waals surface area contributed by atoms with Gasteiger partial charge in [0, 0.05) is 5.56 Å². The van der Waals surface area contributed by atoms with Crippen molar-refractivity contribution in [3.05, 3.63) is 28.8 Å². The summed E-state index contributed by atoms with van der Waals surface area (Å²) < 4.78 is 5.78. The van der Waals surface area contributed by atoms with E-state index < -0.39 is 0 Å². The van der Waals surface area contributed by atoms with E-state index >= 15 is 0 Å². The zero-order valence-corrected chi connectivity index (χ0v) is 10.3. The largest absolute Gasteiger partial charge is 0.493 e. The van der Waals surface area contributed by atoms with Crippen LogP contribution >= 0.6 is 0 Å². The quantitative estimate of drug-likeness (QED) is 0.786. The standard InChI is InChI=1S/C14H20O2/c1-9(2)11-7-6-10(3)14-13(11)12(15)5-4-8-16-14/h6-7,9,12,15H,4-5,8H2,1-3H3/t12-/m1/s1. The summed E-state index contributed by atoms with van der Waals surface area (Å²) in [5, 5.41) is 10.2. The summed E-state index contributed by atoms with van der Waals surface area (Å²) in [5.41, 5.74) is 3.36. The van der Waals surface area contributed by atoms with Crippen LogP contribution in [0.2, 0.25) is 0 Å². The van der Waals surface area contributed by atoms with Crippen LogP contribution in [-0.2, 0) is 0 Å². The lowest BCUT2D eigenvalue weighted by Crippen LogP contribution is -2.05. The topological polar surface area (TPSA) is 29.5 Å². The molecule has 0 bridgehead atoms. The fourth-order valence-electron chi connectivity index (χ4n) is 2.36. The average Bonchev–Trinajstić information content (AvgIpc) is 2.42. The summed E-state index contributed by atoms with van der Waals surface area (Å²) in [6.07, 6.45) is 1.36. The number of hydrogen-bond acceptors (Lipinski definition) is 2. The van der Waals surface area contributed by atoms with E-state index in [0.717, 1.165) is 29.7 Å². The van der Waals surface area contributed by atoms with Gasteiger partial charge in [0.15, 0.2) is 0 Å². The molecular formula is C14H20O2. The summed E-state index contributed by atoms with van der Waals surface area (Å²) >= 11 is 0. The van der Waals surface area contributed by atoms with Crippen LogP contribution in [0.3, 0.4) is 0 Å². The molecule has 0 amide bonds. The molecule has 1 heterocycles. The second-order valence-corrected chi connectivity index (χ2v) is 4.88.